The summed E-state index contributed by atoms with van der Waals surface area (Å²) in [6.45, 7) is 4.39. The third-order valence-electron chi connectivity index (χ3n) is 6.20. The Morgan fingerprint density at radius 1 is 1.12 bits per heavy atom. The molecule has 0 saturated carbocycles. The lowest BCUT2D eigenvalue weighted by Crippen LogP contribution is -3.14. The van der Waals surface area contributed by atoms with Crippen LogP contribution in [0.1, 0.15) is 23.6 Å². The number of nitrogens with one attached hydrogen (secondary N) is 1. The van der Waals surface area contributed by atoms with Crippen molar-refractivity contribution in [2.24, 2.45) is 0 Å². The number of nitrogens with zero attached hydrogens (tertiary/aromatic N) is 1. The highest BCUT2D eigenvalue weighted by molar-refractivity contribution is 6.46. The largest absolute Gasteiger partial charge is 0.872 e. The molecule has 0 radical (unpaired) electrons. The van der Waals surface area contributed by atoms with Gasteiger partial charge in [-0.3, -0.25) is 9.59 Å². The van der Waals surface area contributed by atoms with E-state index in [-0.39, 0.29) is 5.57 Å². The van der Waals surface area contributed by atoms with Crippen LogP contribution in [0.25, 0.3) is 5.76 Å². The molecule has 0 aromatic heterocycles. The van der Waals surface area contributed by atoms with Crippen molar-refractivity contribution in [1.82, 2.24) is 4.90 Å². The van der Waals surface area contributed by atoms with Crippen molar-refractivity contribution in [1.29, 1.82) is 0 Å². The number of carbonyl (C=O) groups excluding carboxylic acids is 2. The van der Waals surface area contributed by atoms with E-state index in [9.17, 15) is 19.1 Å². The Labute approximate surface area is 192 Å². The number of morpholine rings is 1. The van der Waals surface area contributed by atoms with Gasteiger partial charge in [-0.25, -0.2) is 4.39 Å². The number of methoxy groups -OCH3 is 1. The van der Waals surface area contributed by atoms with E-state index >= 15 is 0 Å². The van der Waals surface area contributed by atoms with Crippen LogP contribution in [0, 0.1) is 5.82 Å². The zero-order valence-electron chi connectivity index (χ0n) is 18.5. The summed E-state index contributed by atoms with van der Waals surface area (Å²) in [6.07, 6.45) is 0.677. The molecule has 1 N–H and O–H groups in total. The molecule has 2 saturated heterocycles. The zero-order valence-corrected chi connectivity index (χ0v) is 18.5. The third kappa shape index (κ3) is 4.91. The van der Waals surface area contributed by atoms with Crippen molar-refractivity contribution in [2.75, 3.05) is 46.5 Å². The van der Waals surface area contributed by atoms with E-state index in [1.165, 1.54) is 41.2 Å². The van der Waals surface area contributed by atoms with Crippen LogP contribution in [0.4, 0.5) is 4.39 Å². The van der Waals surface area contributed by atoms with Gasteiger partial charge in [-0.05, 0) is 35.4 Å². The molecule has 2 aromatic carbocycles. The number of hydrogen-bond acceptors (Lipinski definition) is 5. The number of hydrogen-bond donors (Lipinski definition) is 1. The summed E-state index contributed by atoms with van der Waals surface area (Å²) in [6, 6.07) is 11.1. The molecule has 0 spiro atoms. The summed E-state index contributed by atoms with van der Waals surface area (Å²) in [5.74, 6) is -1.86. The first kappa shape index (κ1) is 22.9. The molecule has 174 valence electrons. The summed E-state index contributed by atoms with van der Waals surface area (Å²) in [5.41, 5.74) is 0.723. The van der Waals surface area contributed by atoms with Gasteiger partial charge in [0, 0.05) is 18.5 Å². The number of Topliss-reactive ketones (excluding diaryl/α,β-unsaturated/α-hetero) is 1. The molecule has 1 amide bonds. The number of rotatable bonds is 7. The molecular weight excluding hydrogens is 427 g/mol. The summed E-state index contributed by atoms with van der Waals surface area (Å²) in [7, 11) is 1.52. The minimum Gasteiger partial charge on any atom is -0.872 e. The Bertz CT molecular complexity index is 1030. The quantitative estimate of drug-likeness (QED) is 0.371. The highest BCUT2D eigenvalue weighted by Crippen LogP contribution is 2.38. The minimum atomic E-state index is -0.847. The Balaban J connectivity index is 1.65. The number of ether oxygens (including phenoxy) is 2. The van der Waals surface area contributed by atoms with Gasteiger partial charge in [-0.15, -0.1) is 0 Å². The number of likely N-dealkylation sites (tertiary alicyclic amines) is 1. The lowest BCUT2D eigenvalue weighted by molar-refractivity contribution is -0.908. The molecule has 8 heteroatoms. The summed E-state index contributed by atoms with van der Waals surface area (Å²) in [5, 5.41) is 13.4. The first-order chi connectivity index (χ1) is 16.0. The van der Waals surface area contributed by atoms with Crippen molar-refractivity contribution in [3.05, 3.63) is 71.0 Å². The second-order valence-electron chi connectivity index (χ2n) is 8.22. The summed E-state index contributed by atoms with van der Waals surface area (Å²) >= 11 is 0. The van der Waals surface area contributed by atoms with Gasteiger partial charge in [0.15, 0.2) is 0 Å². The second-order valence-corrected chi connectivity index (χ2v) is 8.22. The molecule has 33 heavy (non-hydrogen) atoms. The number of amides is 1. The molecule has 2 aliphatic rings. The van der Waals surface area contributed by atoms with Crippen LogP contribution in [0.5, 0.6) is 5.75 Å². The lowest BCUT2D eigenvalue weighted by atomic mass is 9.95. The predicted molar refractivity (Wildman–Crippen MR) is 117 cm³/mol. The zero-order chi connectivity index (χ0) is 23.4. The molecule has 4 rings (SSSR count). The van der Waals surface area contributed by atoms with E-state index in [2.05, 4.69) is 0 Å². The normalized spacial score (nSPS) is 20.9. The molecule has 1 unspecified atom stereocenters. The second kappa shape index (κ2) is 10.1. The van der Waals surface area contributed by atoms with E-state index in [0.29, 0.717) is 43.1 Å². The fraction of sp³-hybridized carbons (Fsp3) is 0.360. The first-order valence-electron chi connectivity index (χ1n) is 11.1. The van der Waals surface area contributed by atoms with Gasteiger partial charge in [-0.2, -0.15) is 0 Å². The van der Waals surface area contributed by atoms with Crippen molar-refractivity contribution in [3.8, 4) is 5.75 Å². The average Bonchev–Trinajstić information content (AvgIpc) is 3.10. The van der Waals surface area contributed by atoms with Crippen LogP contribution in [0.3, 0.4) is 0 Å². The Hall–Kier alpha value is -3.23. The van der Waals surface area contributed by atoms with Gasteiger partial charge in [0.25, 0.3) is 5.91 Å². The molecule has 2 heterocycles. The first-order valence-corrected chi connectivity index (χ1v) is 11.1. The van der Waals surface area contributed by atoms with Crippen molar-refractivity contribution in [2.45, 2.75) is 12.5 Å². The topological polar surface area (TPSA) is 83.3 Å². The third-order valence-corrected chi connectivity index (χ3v) is 6.20. The Morgan fingerprint density at radius 3 is 2.42 bits per heavy atom. The highest BCUT2D eigenvalue weighted by atomic mass is 19.1. The molecule has 2 aliphatic heterocycles. The average molecular weight is 454 g/mol. The van der Waals surface area contributed by atoms with E-state index in [0.717, 1.165) is 19.6 Å². The van der Waals surface area contributed by atoms with Gasteiger partial charge in [-0.1, -0.05) is 30.0 Å². The van der Waals surface area contributed by atoms with Crippen LogP contribution in [0.2, 0.25) is 0 Å². The Morgan fingerprint density at radius 2 is 1.79 bits per heavy atom. The van der Waals surface area contributed by atoms with Crippen LogP contribution in [-0.2, 0) is 14.3 Å². The number of halogens is 1. The van der Waals surface area contributed by atoms with E-state index in [4.69, 9.17) is 9.47 Å². The molecular formula is C25H27FN2O5. The number of carbonyl (C=O) groups is 2. The van der Waals surface area contributed by atoms with Gasteiger partial charge in [0.05, 0.1) is 32.9 Å². The monoisotopic (exact) mass is 454 g/mol. The highest BCUT2D eigenvalue weighted by Gasteiger charge is 2.44. The minimum absolute atomic E-state index is 0.101. The fourth-order valence-corrected chi connectivity index (χ4v) is 4.40. The number of quaternary nitrogens is 1. The van der Waals surface area contributed by atoms with Gasteiger partial charge >= 0.3 is 0 Å². The van der Waals surface area contributed by atoms with Gasteiger partial charge in [0.2, 0.25) is 5.78 Å². The molecule has 7 nitrogen and oxygen atoms in total. The molecule has 0 aliphatic carbocycles. The van der Waals surface area contributed by atoms with Gasteiger partial charge < -0.3 is 24.4 Å². The fourth-order valence-electron chi connectivity index (χ4n) is 4.40. The molecule has 0 bridgehead atoms. The van der Waals surface area contributed by atoms with E-state index in [1.54, 1.807) is 24.3 Å². The molecule has 1 atom stereocenters. The van der Waals surface area contributed by atoms with E-state index < -0.39 is 29.3 Å². The van der Waals surface area contributed by atoms with Crippen LogP contribution in [-0.4, -0.2) is 63.1 Å². The maximum Gasteiger partial charge on any atom is 0.295 e. The van der Waals surface area contributed by atoms with Crippen LogP contribution >= 0.6 is 0 Å². The number of benzene rings is 2. The van der Waals surface area contributed by atoms with E-state index in [1.807, 2.05) is 0 Å². The summed E-state index contributed by atoms with van der Waals surface area (Å²) in [4.78, 5) is 28.8. The number of ketones is 1. The molecule has 2 aromatic rings. The maximum atomic E-state index is 13.6. The van der Waals surface area contributed by atoms with Crippen LogP contribution < -0.4 is 14.7 Å². The maximum absolute atomic E-state index is 13.6. The predicted octanol–water partition coefficient (Wildman–Crippen LogP) is 0.364. The smallest absolute Gasteiger partial charge is 0.295 e. The standard InChI is InChI=1S/C25H27FN2O5/c1-32-20-9-5-18(6-10-20)23(29)21-22(17-3-7-19(26)8-4-17)28(25(31)24(21)30)12-2-11-27-13-15-33-16-14-27/h3-10,22,29H,2,11-16H2,1H3/b23-21+. The van der Waals surface area contributed by atoms with Crippen molar-refractivity contribution >= 4 is 17.4 Å². The Kier molecular flexibility index (Phi) is 7.05. The molecule has 2 fully saturated rings. The van der Waals surface area contributed by atoms with Crippen molar-refractivity contribution in [3.63, 3.8) is 0 Å². The summed E-state index contributed by atoms with van der Waals surface area (Å²) < 4.78 is 24.1. The SMILES string of the molecule is COc1ccc(/C([O-])=C2\C(=O)C(=O)N(CCC[NH+]3CCOCC3)C2c2ccc(F)cc2)cc1. The van der Waals surface area contributed by atoms with Gasteiger partial charge in [0.1, 0.15) is 24.7 Å². The lowest BCUT2D eigenvalue weighted by Gasteiger charge is -2.29. The van der Waals surface area contributed by atoms with Crippen LogP contribution in [0.15, 0.2) is 54.1 Å². The van der Waals surface area contributed by atoms with Crippen molar-refractivity contribution < 1.29 is 33.5 Å².